The molecule has 1 aromatic rings. The summed E-state index contributed by atoms with van der Waals surface area (Å²) in [6.45, 7) is 0. The molecule has 3 amide bonds. The number of urea groups is 1. The highest BCUT2D eigenvalue weighted by Gasteiger charge is 2.22. The molecular weight excluding hydrogens is 196 g/mol. The quantitative estimate of drug-likeness (QED) is 0.462. The fourth-order valence-corrected chi connectivity index (χ4v) is 1.22. The van der Waals surface area contributed by atoms with Gasteiger partial charge in [-0.15, -0.1) is 0 Å². The van der Waals surface area contributed by atoms with Crippen LogP contribution < -0.4 is 10.6 Å². The highest BCUT2D eigenvalue weighted by Crippen LogP contribution is 2.12. The third kappa shape index (κ3) is 1.96. The van der Waals surface area contributed by atoms with Gasteiger partial charge in [-0.05, 0) is 23.8 Å². The molecule has 0 aromatic heterocycles. The summed E-state index contributed by atoms with van der Waals surface area (Å²) in [5.74, 6) is -0.301. The van der Waals surface area contributed by atoms with E-state index in [2.05, 4.69) is 10.6 Å². The maximum Gasteiger partial charge on any atom is 0.326 e. The van der Waals surface area contributed by atoms with Crippen molar-refractivity contribution in [3.05, 3.63) is 35.5 Å². The summed E-state index contributed by atoms with van der Waals surface area (Å²) < 4.78 is 0. The minimum atomic E-state index is -0.523. The van der Waals surface area contributed by atoms with Crippen molar-refractivity contribution in [1.82, 2.24) is 10.6 Å². The monoisotopic (exact) mass is 204 g/mol. The largest absolute Gasteiger partial charge is 0.508 e. The predicted octanol–water partition coefficient (Wildman–Crippen LogP) is 0.573. The molecule has 76 valence electrons. The normalized spacial score (nSPS) is 17.7. The summed E-state index contributed by atoms with van der Waals surface area (Å²) in [6, 6.07) is 5.76. The minimum absolute atomic E-state index is 0.150. The van der Waals surface area contributed by atoms with Crippen LogP contribution in [0, 0.1) is 0 Å². The van der Waals surface area contributed by atoms with Crippen molar-refractivity contribution in [2.45, 2.75) is 0 Å². The standard InChI is InChI=1S/C10H8N2O3/c13-7-3-1-6(2-4-7)5-8-9(14)12-10(15)11-8/h1-5,13H,(H2,11,12,14,15)/b8-5+. The van der Waals surface area contributed by atoms with Crippen LogP contribution in [0.4, 0.5) is 4.79 Å². The zero-order chi connectivity index (χ0) is 10.8. The van der Waals surface area contributed by atoms with Crippen molar-refractivity contribution >= 4 is 18.0 Å². The van der Waals surface area contributed by atoms with Gasteiger partial charge in [0.05, 0.1) is 0 Å². The number of carbonyl (C=O) groups is 2. The van der Waals surface area contributed by atoms with Crippen molar-refractivity contribution in [2.24, 2.45) is 0 Å². The number of nitrogens with one attached hydrogen (secondary N) is 2. The summed E-state index contributed by atoms with van der Waals surface area (Å²) in [5.41, 5.74) is 0.922. The van der Waals surface area contributed by atoms with E-state index in [1.165, 1.54) is 18.2 Å². The lowest BCUT2D eigenvalue weighted by molar-refractivity contribution is -0.115. The van der Waals surface area contributed by atoms with Gasteiger partial charge in [-0.25, -0.2) is 4.79 Å². The lowest BCUT2D eigenvalue weighted by Crippen LogP contribution is -2.22. The van der Waals surface area contributed by atoms with Gasteiger partial charge in [-0.1, -0.05) is 12.1 Å². The number of hydrogen-bond donors (Lipinski definition) is 3. The van der Waals surface area contributed by atoms with Gasteiger partial charge < -0.3 is 10.4 Å². The number of aromatic hydroxyl groups is 1. The number of hydrogen-bond acceptors (Lipinski definition) is 3. The average Bonchev–Trinajstić information content (AvgIpc) is 2.49. The topological polar surface area (TPSA) is 78.4 Å². The SMILES string of the molecule is O=C1NC(=O)/C(=C\c2ccc(O)cc2)N1. The number of rotatable bonds is 1. The molecule has 0 aliphatic carbocycles. The molecule has 3 N–H and O–H groups in total. The second-order valence-electron chi connectivity index (χ2n) is 3.06. The fourth-order valence-electron chi connectivity index (χ4n) is 1.22. The van der Waals surface area contributed by atoms with Crippen LogP contribution in [-0.2, 0) is 4.79 Å². The van der Waals surface area contributed by atoms with E-state index >= 15 is 0 Å². The zero-order valence-electron chi connectivity index (χ0n) is 7.65. The van der Waals surface area contributed by atoms with Gasteiger partial charge in [0.1, 0.15) is 11.4 Å². The summed E-state index contributed by atoms with van der Waals surface area (Å²) >= 11 is 0. The van der Waals surface area contributed by atoms with E-state index in [-0.39, 0.29) is 11.4 Å². The molecule has 0 spiro atoms. The number of imide groups is 1. The molecule has 0 bridgehead atoms. The molecule has 15 heavy (non-hydrogen) atoms. The molecule has 5 heteroatoms. The molecule has 5 nitrogen and oxygen atoms in total. The van der Waals surface area contributed by atoms with Crippen molar-refractivity contribution in [2.75, 3.05) is 0 Å². The molecule has 1 heterocycles. The zero-order valence-corrected chi connectivity index (χ0v) is 7.65. The molecule has 0 atom stereocenters. The van der Waals surface area contributed by atoms with Gasteiger partial charge in [0.2, 0.25) is 0 Å². The molecule has 1 saturated heterocycles. The molecule has 0 radical (unpaired) electrons. The molecule has 0 saturated carbocycles. The number of phenolic OH excluding ortho intramolecular Hbond substituents is 1. The smallest absolute Gasteiger partial charge is 0.326 e. The Morgan fingerprint density at radius 2 is 1.73 bits per heavy atom. The van der Waals surface area contributed by atoms with E-state index in [4.69, 9.17) is 5.11 Å². The third-order valence-electron chi connectivity index (χ3n) is 1.92. The Balaban J connectivity index is 2.27. The fraction of sp³-hybridized carbons (Fsp3) is 0. The van der Waals surface area contributed by atoms with Gasteiger partial charge in [0.25, 0.3) is 5.91 Å². The second kappa shape index (κ2) is 3.45. The van der Waals surface area contributed by atoms with E-state index in [1.807, 2.05) is 0 Å². The molecule has 1 aromatic carbocycles. The van der Waals surface area contributed by atoms with Gasteiger partial charge in [-0.2, -0.15) is 0 Å². The Morgan fingerprint density at radius 1 is 1.07 bits per heavy atom. The second-order valence-corrected chi connectivity index (χ2v) is 3.06. The summed E-state index contributed by atoms with van der Waals surface area (Å²) in [6.07, 6.45) is 1.53. The number of carbonyl (C=O) groups excluding carboxylic acids is 2. The van der Waals surface area contributed by atoms with Crippen LogP contribution in [0.5, 0.6) is 5.75 Å². The first-order chi connectivity index (χ1) is 7.15. The van der Waals surface area contributed by atoms with Crippen molar-refractivity contribution < 1.29 is 14.7 Å². The minimum Gasteiger partial charge on any atom is -0.508 e. The third-order valence-corrected chi connectivity index (χ3v) is 1.92. The molecule has 1 fully saturated rings. The van der Waals surface area contributed by atoms with Gasteiger partial charge >= 0.3 is 6.03 Å². The van der Waals surface area contributed by atoms with Gasteiger partial charge in [-0.3, -0.25) is 10.1 Å². The maximum absolute atomic E-state index is 11.1. The first-order valence-electron chi connectivity index (χ1n) is 4.28. The summed E-state index contributed by atoms with van der Waals surface area (Å²) in [5, 5.41) is 13.5. The van der Waals surface area contributed by atoms with E-state index in [0.717, 1.165) is 5.56 Å². The molecular formula is C10H8N2O3. The van der Waals surface area contributed by atoms with Crippen LogP contribution >= 0.6 is 0 Å². The van der Waals surface area contributed by atoms with E-state index in [9.17, 15) is 9.59 Å². The summed E-state index contributed by atoms with van der Waals surface area (Å²) in [4.78, 5) is 21.9. The lowest BCUT2D eigenvalue weighted by atomic mass is 10.2. The summed E-state index contributed by atoms with van der Waals surface area (Å²) in [7, 11) is 0. The lowest BCUT2D eigenvalue weighted by Gasteiger charge is -1.96. The number of benzene rings is 1. The van der Waals surface area contributed by atoms with Gasteiger partial charge in [0.15, 0.2) is 0 Å². The maximum atomic E-state index is 11.1. The Hall–Kier alpha value is -2.30. The van der Waals surface area contributed by atoms with E-state index in [0.29, 0.717) is 0 Å². The molecule has 2 rings (SSSR count). The number of amides is 3. The Kier molecular flexibility index (Phi) is 2.13. The van der Waals surface area contributed by atoms with Crippen molar-refractivity contribution in [3.63, 3.8) is 0 Å². The van der Waals surface area contributed by atoms with Crippen LogP contribution in [0.25, 0.3) is 6.08 Å². The first kappa shape index (κ1) is 9.26. The van der Waals surface area contributed by atoms with Crippen molar-refractivity contribution in [3.8, 4) is 5.75 Å². The van der Waals surface area contributed by atoms with Crippen molar-refractivity contribution in [1.29, 1.82) is 0 Å². The van der Waals surface area contributed by atoms with Crippen LogP contribution in [0.15, 0.2) is 30.0 Å². The Bertz CT molecular complexity index is 448. The Labute approximate surface area is 85.4 Å². The molecule has 0 unspecified atom stereocenters. The molecule has 1 aliphatic rings. The highest BCUT2D eigenvalue weighted by molar-refractivity contribution is 6.13. The van der Waals surface area contributed by atoms with Crippen LogP contribution in [0.3, 0.4) is 0 Å². The first-order valence-corrected chi connectivity index (χ1v) is 4.28. The van der Waals surface area contributed by atoms with Crippen LogP contribution in [0.1, 0.15) is 5.56 Å². The number of phenols is 1. The molecule has 1 aliphatic heterocycles. The van der Waals surface area contributed by atoms with Gasteiger partial charge in [0, 0.05) is 0 Å². The predicted molar refractivity (Wildman–Crippen MR) is 52.8 cm³/mol. The Morgan fingerprint density at radius 3 is 2.27 bits per heavy atom. The average molecular weight is 204 g/mol. The van der Waals surface area contributed by atoms with Crippen LogP contribution in [-0.4, -0.2) is 17.0 Å². The van der Waals surface area contributed by atoms with E-state index < -0.39 is 11.9 Å². The van der Waals surface area contributed by atoms with Crippen LogP contribution in [0.2, 0.25) is 0 Å². The van der Waals surface area contributed by atoms with E-state index in [1.54, 1.807) is 12.1 Å². The highest BCUT2D eigenvalue weighted by atomic mass is 16.3.